The number of benzene rings is 1. The maximum atomic E-state index is 12.9. The zero-order valence-electron chi connectivity index (χ0n) is 15.8. The molecule has 5 nitrogen and oxygen atoms in total. The van der Waals surface area contributed by atoms with Crippen LogP contribution in [-0.2, 0) is 0 Å². The van der Waals surface area contributed by atoms with E-state index in [4.69, 9.17) is 4.42 Å². The molecule has 0 radical (unpaired) electrons. The molecule has 6 rings (SSSR count). The smallest absolute Gasteiger partial charge is 0.321 e. The summed E-state index contributed by atoms with van der Waals surface area (Å²) in [5.74, 6) is 3.21. The number of anilines is 1. The number of fused-ring (bicyclic) bond motifs is 1. The maximum Gasteiger partial charge on any atom is 0.321 e. The minimum atomic E-state index is 0.00203. The normalized spacial score (nSPS) is 28.4. The Morgan fingerprint density at radius 3 is 2.44 bits per heavy atom. The lowest BCUT2D eigenvalue weighted by Gasteiger charge is -2.40. The second-order valence-electron chi connectivity index (χ2n) is 8.28. The summed E-state index contributed by atoms with van der Waals surface area (Å²) < 4.78 is 5.54. The molecular formula is C22H25N3O2. The number of hydrogen-bond donors (Lipinski definition) is 1. The summed E-state index contributed by atoms with van der Waals surface area (Å²) >= 11 is 0. The molecule has 1 aromatic carbocycles. The summed E-state index contributed by atoms with van der Waals surface area (Å²) in [6.07, 6.45) is 9.00. The maximum absolute atomic E-state index is 12.9. The molecule has 1 N–H and O–H groups in total. The van der Waals surface area contributed by atoms with E-state index in [1.54, 1.807) is 6.26 Å². The molecule has 1 saturated heterocycles. The third-order valence-corrected chi connectivity index (χ3v) is 6.58. The van der Waals surface area contributed by atoms with E-state index < -0.39 is 0 Å². The number of oxazole rings is 1. The minimum absolute atomic E-state index is 0.00203. The van der Waals surface area contributed by atoms with Gasteiger partial charge in [-0.15, -0.1) is 0 Å². The van der Waals surface area contributed by atoms with Crippen LogP contribution in [0.5, 0.6) is 0 Å². The standard InChI is InChI=1S/C22H25N3O2/c1-13-3-8-17(9-18(13)21-23-14(2)12-27-21)24-22(26)25-10-19-15-4-5-16(7-6-15)20(19)11-25/h3-5,8-9,12,15-16,19-20H,6-7,10-11H2,1-2H3,(H,24,26). The number of carbonyl (C=O) groups is 1. The van der Waals surface area contributed by atoms with E-state index in [0.717, 1.165) is 35.6 Å². The Hall–Kier alpha value is -2.56. The number of nitrogens with one attached hydrogen (secondary N) is 1. The third-order valence-electron chi connectivity index (χ3n) is 6.58. The zero-order valence-corrected chi connectivity index (χ0v) is 15.8. The number of carbonyl (C=O) groups excluding carboxylic acids is 1. The van der Waals surface area contributed by atoms with E-state index in [1.165, 1.54) is 12.8 Å². The summed E-state index contributed by atoms with van der Waals surface area (Å²) in [7, 11) is 0. The van der Waals surface area contributed by atoms with E-state index in [1.807, 2.05) is 36.9 Å². The molecule has 2 fully saturated rings. The highest BCUT2D eigenvalue weighted by molar-refractivity contribution is 5.90. The largest absolute Gasteiger partial charge is 0.444 e. The van der Waals surface area contributed by atoms with Gasteiger partial charge in [-0.3, -0.25) is 0 Å². The van der Waals surface area contributed by atoms with Gasteiger partial charge in [-0.2, -0.15) is 0 Å². The van der Waals surface area contributed by atoms with Gasteiger partial charge in [0.25, 0.3) is 0 Å². The Morgan fingerprint density at radius 2 is 1.85 bits per heavy atom. The van der Waals surface area contributed by atoms with Crippen LogP contribution in [0, 0.1) is 37.5 Å². The number of rotatable bonds is 2. The van der Waals surface area contributed by atoms with E-state index in [9.17, 15) is 4.79 Å². The number of aryl methyl sites for hydroxylation is 2. The second kappa shape index (κ2) is 6.25. The molecule has 4 unspecified atom stereocenters. The van der Waals surface area contributed by atoms with Crippen LogP contribution in [0.15, 0.2) is 41.0 Å². The predicted octanol–water partition coefficient (Wildman–Crippen LogP) is 4.63. The third kappa shape index (κ3) is 2.85. The lowest BCUT2D eigenvalue weighted by molar-refractivity contribution is 0.169. The van der Waals surface area contributed by atoms with Crippen LogP contribution in [0.25, 0.3) is 11.5 Å². The predicted molar refractivity (Wildman–Crippen MR) is 104 cm³/mol. The Balaban J connectivity index is 1.32. The quantitative estimate of drug-likeness (QED) is 0.791. The van der Waals surface area contributed by atoms with Crippen molar-refractivity contribution < 1.29 is 9.21 Å². The number of likely N-dealkylation sites (tertiary alicyclic amines) is 1. The summed E-state index contributed by atoms with van der Waals surface area (Å²) in [6.45, 7) is 5.68. The SMILES string of the molecule is Cc1coc(-c2cc(NC(=O)N3CC4C5C=CC(CC5)C4C3)ccc2C)n1. The van der Waals surface area contributed by atoms with Crippen LogP contribution < -0.4 is 5.32 Å². The molecule has 5 heteroatoms. The Labute approximate surface area is 159 Å². The fraction of sp³-hybridized carbons (Fsp3) is 0.455. The molecule has 2 heterocycles. The molecule has 1 aromatic heterocycles. The first-order chi connectivity index (χ1) is 13.1. The monoisotopic (exact) mass is 363 g/mol. The molecule has 2 aromatic rings. The average molecular weight is 363 g/mol. The first-order valence-corrected chi connectivity index (χ1v) is 9.86. The average Bonchev–Trinajstić information content (AvgIpc) is 3.32. The first-order valence-electron chi connectivity index (χ1n) is 9.86. The number of aromatic nitrogens is 1. The highest BCUT2D eigenvalue weighted by Crippen LogP contribution is 2.48. The van der Waals surface area contributed by atoms with E-state index in [2.05, 4.69) is 22.5 Å². The highest BCUT2D eigenvalue weighted by atomic mass is 16.3. The fourth-order valence-electron chi connectivity index (χ4n) is 5.11. The van der Waals surface area contributed by atoms with E-state index in [-0.39, 0.29) is 6.03 Å². The van der Waals surface area contributed by atoms with Gasteiger partial charge < -0.3 is 14.6 Å². The van der Waals surface area contributed by atoms with Crippen molar-refractivity contribution in [1.29, 1.82) is 0 Å². The highest BCUT2D eigenvalue weighted by Gasteiger charge is 2.46. The Kier molecular flexibility index (Phi) is 3.85. The lowest BCUT2D eigenvalue weighted by atomic mass is 9.64. The van der Waals surface area contributed by atoms with Gasteiger partial charge in [0.2, 0.25) is 5.89 Å². The molecule has 4 aliphatic rings. The van der Waals surface area contributed by atoms with Gasteiger partial charge in [0, 0.05) is 24.3 Å². The Bertz CT molecular complexity index is 894. The van der Waals surface area contributed by atoms with Gasteiger partial charge in [0.05, 0.1) is 5.69 Å². The molecule has 1 saturated carbocycles. The van der Waals surface area contributed by atoms with Crippen LogP contribution in [0.2, 0.25) is 0 Å². The number of nitrogens with zero attached hydrogens (tertiary/aromatic N) is 2. The van der Waals surface area contributed by atoms with Crippen molar-refractivity contribution in [3.8, 4) is 11.5 Å². The summed E-state index contributed by atoms with van der Waals surface area (Å²) in [6, 6.07) is 5.90. The molecule has 2 amide bonds. The Morgan fingerprint density at radius 1 is 1.15 bits per heavy atom. The number of allylic oxidation sites excluding steroid dienone is 2. The van der Waals surface area contributed by atoms with Crippen LogP contribution in [0.3, 0.4) is 0 Å². The zero-order chi connectivity index (χ0) is 18.5. The molecular weight excluding hydrogens is 338 g/mol. The minimum Gasteiger partial charge on any atom is -0.444 e. The molecule has 2 bridgehead atoms. The number of amides is 2. The van der Waals surface area contributed by atoms with Gasteiger partial charge >= 0.3 is 6.03 Å². The van der Waals surface area contributed by atoms with Crippen LogP contribution in [-0.4, -0.2) is 29.0 Å². The summed E-state index contributed by atoms with van der Waals surface area (Å²) in [5.41, 5.74) is 3.62. The van der Waals surface area contributed by atoms with Crippen molar-refractivity contribution in [2.75, 3.05) is 18.4 Å². The van der Waals surface area contributed by atoms with E-state index in [0.29, 0.717) is 29.6 Å². The molecule has 1 aliphatic heterocycles. The molecule has 27 heavy (non-hydrogen) atoms. The van der Waals surface area contributed by atoms with Gasteiger partial charge in [0.1, 0.15) is 6.26 Å². The van der Waals surface area contributed by atoms with Gasteiger partial charge in [0.15, 0.2) is 0 Å². The van der Waals surface area contributed by atoms with Crippen molar-refractivity contribution in [1.82, 2.24) is 9.88 Å². The van der Waals surface area contributed by atoms with Crippen molar-refractivity contribution >= 4 is 11.7 Å². The lowest BCUT2D eigenvalue weighted by Crippen LogP contribution is -2.35. The van der Waals surface area contributed by atoms with Crippen molar-refractivity contribution in [3.05, 3.63) is 47.9 Å². The van der Waals surface area contributed by atoms with Crippen molar-refractivity contribution in [2.45, 2.75) is 26.7 Å². The first kappa shape index (κ1) is 16.6. The van der Waals surface area contributed by atoms with Crippen molar-refractivity contribution in [2.24, 2.45) is 23.7 Å². The topological polar surface area (TPSA) is 58.4 Å². The van der Waals surface area contributed by atoms with Crippen molar-refractivity contribution in [3.63, 3.8) is 0 Å². The second-order valence-corrected chi connectivity index (χ2v) is 8.28. The van der Waals surface area contributed by atoms with Crippen LogP contribution in [0.4, 0.5) is 10.5 Å². The van der Waals surface area contributed by atoms with Gasteiger partial charge in [-0.25, -0.2) is 9.78 Å². The fourth-order valence-corrected chi connectivity index (χ4v) is 5.11. The molecule has 0 spiro atoms. The summed E-state index contributed by atoms with van der Waals surface area (Å²) in [5, 5.41) is 3.08. The number of hydrogen-bond acceptors (Lipinski definition) is 3. The summed E-state index contributed by atoms with van der Waals surface area (Å²) in [4.78, 5) is 19.3. The van der Waals surface area contributed by atoms with E-state index >= 15 is 0 Å². The van der Waals surface area contributed by atoms with Gasteiger partial charge in [-0.05, 0) is 68.1 Å². The van der Waals surface area contributed by atoms with Crippen LogP contribution in [0.1, 0.15) is 24.1 Å². The molecule has 140 valence electrons. The molecule has 4 atom stereocenters. The number of urea groups is 1. The van der Waals surface area contributed by atoms with Crippen LogP contribution >= 0.6 is 0 Å². The molecule has 3 aliphatic carbocycles. The van der Waals surface area contributed by atoms with Gasteiger partial charge in [-0.1, -0.05) is 18.2 Å².